The number of hydrogen-bond acceptors (Lipinski definition) is 4. The summed E-state index contributed by atoms with van der Waals surface area (Å²) in [5.41, 5.74) is 1.04. The predicted octanol–water partition coefficient (Wildman–Crippen LogP) is 6.45. The second kappa shape index (κ2) is 12.8. The first-order valence-electron chi connectivity index (χ1n) is 14.5. The van der Waals surface area contributed by atoms with Gasteiger partial charge in [0.05, 0.1) is 0 Å². The number of amides is 3. The predicted molar refractivity (Wildman–Crippen MR) is 153 cm³/mol. The number of likely N-dealkylation sites (tertiary alicyclic amines) is 1. The van der Waals surface area contributed by atoms with Gasteiger partial charge in [-0.3, -0.25) is 19.4 Å². The first-order valence-corrected chi connectivity index (χ1v) is 14.5. The van der Waals surface area contributed by atoms with Gasteiger partial charge in [0.1, 0.15) is 23.5 Å². The quantitative estimate of drug-likeness (QED) is 0.448. The molecule has 2 aromatic rings. The zero-order chi connectivity index (χ0) is 28.9. The number of anilines is 1. The van der Waals surface area contributed by atoms with Crippen LogP contribution >= 0.6 is 0 Å². The second-order valence-electron chi connectivity index (χ2n) is 12.0. The standard InChI is InChI=1S/C32H42FN3O4/c1-22-13-8-9-18-26(22)28(29(37)34-24-15-6-5-7-16-24)36(25-17-12-14-23(33)21-25)30(38)27-19-10-11-20-35(27)31(39)40-32(2,3)4/h8-9,12-14,17-18,21,24,27-28H,5-7,10-11,15-16,19-20H2,1-4H3,(H,34,37)/t27-,28+/m1/s1. The van der Waals surface area contributed by atoms with Gasteiger partial charge in [-0.25, -0.2) is 9.18 Å². The van der Waals surface area contributed by atoms with Gasteiger partial charge in [-0.15, -0.1) is 0 Å². The van der Waals surface area contributed by atoms with Gasteiger partial charge in [0, 0.05) is 18.3 Å². The summed E-state index contributed by atoms with van der Waals surface area (Å²) < 4.78 is 20.3. The minimum Gasteiger partial charge on any atom is -0.444 e. The lowest BCUT2D eigenvalue weighted by Crippen LogP contribution is -2.57. The second-order valence-corrected chi connectivity index (χ2v) is 12.0. The Morgan fingerprint density at radius 1 is 0.975 bits per heavy atom. The summed E-state index contributed by atoms with van der Waals surface area (Å²) in [6.45, 7) is 7.63. The summed E-state index contributed by atoms with van der Waals surface area (Å²) in [4.78, 5) is 44.8. The van der Waals surface area contributed by atoms with Gasteiger partial charge in [-0.05, 0) is 89.1 Å². The molecule has 1 heterocycles. The van der Waals surface area contributed by atoms with Crippen molar-refractivity contribution in [3.05, 3.63) is 65.5 Å². The van der Waals surface area contributed by atoms with Crippen molar-refractivity contribution < 1.29 is 23.5 Å². The molecule has 1 saturated carbocycles. The van der Waals surface area contributed by atoms with Crippen molar-refractivity contribution in [3.8, 4) is 0 Å². The van der Waals surface area contributed by atoms with Crippen molar-refractivity contribution >= 4 is 23.6 Å². The van der Waals surface area contributed by atoms with Crippen LogP contribution in [0, 0.1) is 12.7 Å². The van der Waals surface area contributed by atoms with Crippen molar-refractivity contribution in [2.45, 2.75) is 103 Å². The topological polar surface area (TPSA) is 79.0 Å². The van der Waals surface area contributed by atoms with Gasteiger partial charge in [-0.1, -0.05) is 49.6 Å². The lowest BCUT2D eigenvalue weighted by Gasteiger charge is -2.41. The number of rotatable bonds is 6. The van der Waals surface area contributed by atoms with Gasteiger partial charge in [-0.2, -0.15) is 0 Å². The molecule has 2 atom stereocenters. The normalized spacial score (nSPS) is 19.0. The van der Waals surface area contributed by atoms with E-state index in [1.165, 1.54) is 28.0 Å². The van der Waals surface area contributed by atoms with E-state index in [-0.39, 0.29) is 17.6 Å². The van der Waals surface area contributed by atoms with E-state index in [9.17, 15) is 18.8 Å². The highest BCUT2D eigenvalue weighted by molar-refractivity contribution is 6.04. The molecule has 0 radical (unpaired) electrons. The molecule has 1 aliphatic carbocycles. The molecule has 8 heteroatoms. The van der Waals surface area contributed by atoms with Crippen LogP contribution < -0.4 is 10.2 Å². The lowest BCUT2D eigenvalue weighted by atomic mass is 9.93. The van der Waals surface area contributed by atoms with Crippen LogP contribution in [0.25, 0.3) is 0 Å². The zero-order valence-electron chi connectivity index (χ0n) is 24.1. The molecule has 1 aliphatic heterocycles. The van der Waals surface area contributed by atoms with Crippen LogP contribution in [0.2, 0.25) is 0 Å². The Balaban J connectivity index is 1.79. The first-order chi connectivity index (χ1) is 19.0. The van der Waals surface area contributed by atoms with E-state index in [1.807, 2.05) is 31.2 Å². The molecule has 1 N–H and O–H groups in total. The van der Waals surface area contributed by atoms with E-state index >= 15 is 0 Å². The third-order valence-corrected chi connectivity index (χ3v) is 7.68. The van der Waals surface area contributed by atoms with E-state index < -0.39 is 35.5 Å². The molecular weight excluding hydrogens is 509 g/mol. The summed E-state index contributed by atoms with van der Waals surface area (Å²) in [5, 5.41) is 3.20. The third-order valence-electron chi connectivity index (χ3n) is 7.68. The molecule has 0 spiro atoms. The molecule has 0 unspecified atom stereocenters. The van der Waals surface area contributed by atoms with Crippen LogP contribution in [0.4, 0.5) is 14.9 Å². The van der Waals surface area contributed by atoms with Crippen molar-refractivity contribution in [1.82, 2.24) is 10.2 Å². The highest BCUT2D eigenvalue weighted by Crippen LogP contribution is 2.34. The van der Waals surface area contributed by atoms with Crippen LogP contribution in [0.1, 0.15) is 89.3 Å². The molecule has 3 amide bonds. The molecule has 216 valence electrons. The van der Waals surface area contributed by atoms with E-state index in [1.54, 1.807) is 26.8 Å². The van der Waals surface area contributed by atoms with Crippen molar-refractivity contribution in [2.75, 3.05) is 11.4 Å². The average Bonchev–Trinajstić information content (AvgIpc) is 2.91. The van der Waals surface area contributed by atoms with Crippen molar-refractivity contribution in [2.24, 2.45) is 0 Å². The maximum Gasteiger partial charge on any atom is 0.410 e. The van der Waals surface area contributed by atoms with E-state index in [4.69, 9.17) is 4.74 Å². The fraction of sp³-hybridized carbons (Fsp3) is 0.531. The fourth-order valence-corrected chi connectivity index (χ4v) is 5.74. The van der Waals surface area contributed by atoms with E-state index in [2.05, 4.69) is 5.32 Å². The van der Waals surface area contributed by atoms with Gasteiger partial charge in [0.25, 0.3) is 5.91 Å². The van der Waals surface area contributed by atoms with Gasteiger partial charge < -0.3 is 10.1 Å². The SMILES string of the molecule is Cc1ccccc1[C@@H](C(=O)NC1CCCCC1)N(C(=O)[C@H]1CCCCN1C(=O)OC(C)(C)C)c1cccc(F)c1. The van der Waals surface area contributed by atoms with Crippen LogP contribution in [0.5, 0.6) is 0 Å². The largest absolute Gasteiger partial charge is 0.444 e. The maximum absolute atomic E-state index is 14.6. The maximum atomic E-state index is 14.6. The number of nitrogens with zero attached hydrogens (tertiary/aromatic N) is 2. The Hall–Kier alpha value is -3.42. The summed E-state index contributed by atoms with van der Waals surface area (Å²) >= 11 is 0. The third kappa shape index (κ3) is 7.20. The molecule has 0 bridgehead atoms. The molecule has 4 rings (SSSR count). The van der Waals surface area contributed by atoms with Crippen LogP contribution in [-0.4, -0.2) is 47.0 Å². The highest BCUT2D eigenvalue weighted by atomic mass is 19.1. The number of aryl methyl sites for hydroxylation is 1. The molecule has 40 heavy (non-hydrogen) atoms. The molecule has 0 aromatic heterocycles. The number of carbonyl (C=O) groups is 3. The molecule has 7 nitrogen and oxygen atoms in total. The Kier molecular flexibility index (Phi) is 9.48. The van der Waals surface area contributed by atoms with Gasteiger partial charge >= 0.3 is 6.09 Å². The number of nitrogens with one attached hydrogen (secondary N) is 1. The molecule has 1 saturated heterocycles. The van der Waals surface area contributed by atoms with E-state index in [0.29, 0.717) is 18.5 Å². The summed E-state index contributed by atoms with van der Waals surface area (Å²) in [7, 11) is 0. The summed E-state index contributed by atoms with van der Waals surface area (Å²) in [5.74, 6) is -1.25. The number of ether oxygens (including phenoxy) is 1. The number of hydrogen-bond donors (Lipinski definition) is 1. The molecule has 2 aromatic carbocycles. The van der Waals surface area contributed by atoms with Gasteiger partial charge in [0.15, 0.2) is 0 Å². The Bertz CT molecular complexity index is 1200. The number of halogens is 1. The lowest BCUT2D eigenvalue weighted by molar-refractivity contribution is -0.130. The van der Waals surface area contributed by atoms with Crippen LogP contribution in [-0.2, 0) is 14.3 Å². The molecular formula is C32H42FN3O4. The van der Waals surface area contributed by atoms with Crippen molar-refractivity contribution in [3.63, 3.8) is 0 Å². The number of benzene rings is 2. The van der Waals surface area contributed by atoms with Crippen molar-refractivity contribution in [1.29, 1.82) is 0 Å². The molecule has 2 fully saturated rings. The van der Waals surface area contributed by atoms with Crippen LogP contribution in [0.3, 0.4) is 0 Å². The fourth-order valence-electron chi connectivity index (χ4n) is 5.74. The average molecular weight is 552 g/mol. The molecule has 2 aliphatic rings. The monoisotopic (exact) mass is 551 g/mol. The summed E-state index contributed by atoms with van der Waals surface area (Å²) in [6, 6.07) is 11.4. The van der Waals surface area contributed by atoms with Gasteiger partial charge in [0.2, 0.25) is 5.91 Å². The first kappa shape index (κ1) is 29.6. The zero-order valence-corrected chi connectivity index (χ0v) is 24.1. The number of piperidine rings is 1. The van der Waals surface area contributed by atoms with E-state index in [0.717, 1.165) is 50.5 Å². The Morgan fingerprint density at radius 3 is 2.35 bits per heavy atom. The highest BCUT2D eigenvalue weighted by Gasteiger charge is 2.42. The number of carbonyl (C=O) groups excluding carboxylic acids is 3. The smallest absolute Gasteiger partial charge is 0.410 e. The Labute approximate surface area is 237 Å². The van der Waals surface area contributed by atoms with Crippen LogP contribution in [0.15, 0.2) is 48.5 Å². The Morgan fingerprint density at radius 2 is 1.68 bits per heavy atom. The summed E-state index contributed by atoms with van der Waals surface area (Å²) in [6.07, 6.45) is 6.34. The minimum atomic E-state index is -1.04. The minimum absolute atomic E-state index is 0.0187.